The number of ether oxygens (including phenoxy) is 9. The summed E-state index contributed by atoms with van der Waals surface area (Å²) in [5.74, 6) is -0.849. The summed E-state index contributed by atoms with van der Waals surface area (Å²) in [6.07, 6.45) is 26.2. The molecular weight excluding hydrogens is 692 g/mol. The van der Waals surface area contributed by atoms with E-state index in [1.54, 1.807) is 28.3 Å². The molecule has 2 unspecified atom stereocenters. The number of cyclic esters (lactones) is 1. The van der Waals surface area contributed by atoms with E-state index < -0.39 is 18.1 Å². The van der Waals surface area contributed by atoms with Crippen molar-refractivity contribution in [3.05, 3.63) is 0 Å². The monoisotopic (exact) mass is 773 g/mol. The summed E-state index contributed by atoms with van der Waals surface area (Å²) in [6, 6.07) is 0. The van der Waals surface area contributed by atoms with Crippen LogP contribution in [0.15, 0.2) is 0 Å². The van der Waals surface area contributed by atoms with Gasteiger partial charge in [0.15, 0.2) is 0 Å². The van der Waals surface area contributed by atoms with Crippen LogP contribution in [0.2, 0.25) is 0 Å². The Kier molecular flexibility index (Phi) is 25.8. The van der Waals surface area contributed by atoms with Crippen molar-refractivity contribution in [2.45, 2.75) is 223 Å². The van der Waals surface area contributed by atoms with Gasteiger partial charge in [0.2, 0.25) is 0 Å². The predicted octanol–water partition coefficient (Wildman–Crippen LogP) is 8.79. The van der Waals surface area contributed by atoms with Crippen LogP contribution in [0, 0.1) is 5.92 Å². The fourth-order valence-electron chi connectivity index (χ4n) is 8.55. The molecule has 11 heteroatoms. The number of carbonyl (C=O) groups is 1. The van der Waals surface area contributed by atoms with Crippen LogP contribution in [-0.2, 0) is 47.4 Å². The van der Waals surface area contributed by atoms with E-state index in [1.165, 1.54) is 83.5 Å². The largest absolute Gasteiger partial charge is 0.460 e. The quantitative estimate of drug-likeness (QED) is 0.0384. The first-order valence-electron chi connectivity index (χ1n) is 21.9. The second kappa shape index (κ2) is 29.3. The second-order valence-electron chi connectivity index (χ2n) is 16.1. The Morgan fingerprint density at radius 1 is 0.611 bits per heavy atom. The van der Waals surface area contributed by atoms with Gasteiger partial charge < -0.3 is 47.7 Å². The number of unbranched alkanes of at least 4 members (excludes halogenated alkanes) is 14. The molecule has 0 aromatic heterocycles. The number of esters is 1. The Labute approximate surface area is 328 Å². The van der Waals surface area contributed by atoms with Crippen LogP contribution in [0.1, 0.15) is 168 Å². The Morgan fingerprint density at radius 3 is 1.46 bits per heavy atom. The molecule has 3 heterocycles. The molecule has 3 aliphatic rings. The first-order chi connectivity index (χ1) is 26.4. The number of methoxy groups -OCH3 is 3. The van der Waals surface area contributed by atoms with Crippen molar-refractivity contribution in [3.63, 3.8) is 0 Å². The number of carbonyl (C=O) groups excluding carboxylic acids is 1. The van der Waals surface area contributed by atoms with E-state index in [4.69, 9.17) is 42.6 Å². The molecule has 0 bridgehead atoms. The minimum atomic E-state index is -0.773. The minimum Gasteiger partial charge on any atom is -0.460 e. The van der Waals surface area contributed by atoms with E-state index in [0.29, 0.717) is 13.2 Å². The molecule has 0 radical (unpaired) electrons. The predicted molar refractivity (Wildman–Crippen MR) is 209 cm³/mol. The van der Waals surface area contributed by atoms with Crippen molar-refractivity contribution in [1.82, 2.24) is 0 Å². The molecule has 0 spiro atoms. The molecule has 1 N–H and O–H groups in total. The molecule has 0 saturated carbocycles. The molecule has 318 valence electrons. The summed E-state index contributed by atoms with van der Waals surface area (Å²) in [7, 11) is 4.97. The van der Waals surface area contributed by atoms with Crippen molar-refractivity contribution in [2.24, 2.45) is 5.92 Å². The molecule has 0 aromatic rings. The first-order valence-corrected chi connectivity index (χ1v) is 21.9. The molecule has 0 amide bonds. The molecule has 3 rings (SSSR count). The fourth-order valence-corrected chi connectivity index (χ4v) is 8.55. The van der Waals surface area contributed by atoms with Crippen molar-refractivity contribution in [1.29, 1.82) is 0 Å². The minimum absolute atomic E-state index is 0.0376. The van der Waals surface area contributed by atoms with E-state index in [1.807, 2.05) is 0 Å². The van der Waals surface area contributed by atoms with Crippen LogP contribution in [0.25, 0.3) is 0 Å². The average Bonchev–Trinajstić information content (AvgIpc) is 3.92. The lowest BCUT2D eigenvalue weighted by Gasteiger charge is -2.27. The van der Waals surface area contributed by atoms with Gasteiger partial charge in [0, 0.05) is 21.3 Å². The smallest absolute Gasteiger partial charge is 0.312 e. The van der Waals surface area contributed by atoms with E-state index >= 15 is 0 Å². The summed E-state index contributed by atoms with van der Waals surface area (Å²) in [5.41, 5.74) is 0. The third-order valence-electron chi connectivity index (χ3n) is 11.8. The van der Waals surface area contributed by atoms with Crippen LogP contribution in [0.5, 0.6) is 0 Å². The summed E-state index contributed by atoms with van der Waals surface area (Å²) < 4.78 is 52.4. The van der Waals surface area contributed by atoms with Crippen LogP contribution in [-0.4, -0.2) is 108 Å². The van der Waals surface area contributed by atoms with E-state index in [2.05, 4.69) is 6.92 Å². The van der Waals surface area contributed by atoms with Crippen LogP contribution < -0.4 is 0 Å². The lowest BCUT2D eigenvalue weighted by Crippen LogP contribution is -2.35. The highest BCUT2D eigenvalue weighted by molar-refractivity contribution is 5.75. The van der Waals surface area contributed by atoms with Gasteiger partial charge in [0.1, 0.15) is 32.6 Å². The second-order valence-corrected chi connectivity index (χ2v) is 16.1. The Hall–Kier alpha value is -0.890. The van der Waals surface area contributed by atoms with Crippen molar-refractivity contribution >= 4 is 5.97 Å². The molecule has 3 fully saturated rings. The molecule has 10 atom stereocenters. The molecule has 54 heavy (non-hydrogen) atoms. The van der Waals surface area contributed by atoms with Gasteiger partial charge in [-0.1, -0.05) is 110 Å². The third kappa shape index (κ3) is 18.1. The lowest BCUT2D eigenvalue weighted by atomic mass is 9.93. The molecule has 11 nitrogen and oxygen atoms in total. The lowest BCUT2D eigenvalue weighted by molar-refractivity contribution is -0.158. The summed E-state index contributed by atoms with van der Waals surface area (Å²) in [5, 5.41) is 10.3. The van der Waals surface area contributed by atoms with E-state index in [0.717, 1.165) is 64.2 Å². The van der Waals surface area contributed by atoms with Crippen LogP contribution in [0.4, 0.5) is 0 Å². The standard InChI is InChI=1S/C43H80O11/c1-6-7-8-9-10-14-17-20-23-36(50-31-47-4)38-25-27-40(53-38)41-28-26-39(54-41)37(51-32-48-5)24-21-18-15-12-11-13-16-19-22-34(49-30-46-3)29-35-42(44)33(2)52-43(35)45/h33-42,44H,6-32H2,1-5H3/t33-,34+,35?,36+,37-,38+,39+,40+,41+,42?/m0/s1. The molecular formula is C43H80O11. The summed E-state index contributed by atoms with van der Waals surface area (Å²) in [6.45, 7) is 4.79. The number of rotatable bonds is 34. The van der Waals surface area contributed by atoms with Crippen molar-refractivity contribution in [3.8, 4) is 0 Å². The van der Waals surface area contributed by atoms with Gasteiger partial charge >= 0.3 is 5.97 Å². The zero-order valence-corrected chi connectivity index (χ0v) is 34.9. The summed E-state index contributed by atoms with van der Waals surface area (Å²) in [4.78, 5) is 12.2. The number of hydrogen-bond acceptors (Lipinski definition) is 11. The normalized spacial score (nSPS) is 27.4. The highest BCUT2D eigenvalue weighted by Crippen LogP contribution is 2.36. The van der Waals surface area contributed by atoms with Gasteiger partial charge in [0.05, 0.1) is 48.6 Å². The maximum absolute atomic E-state index is 12.2. The maximum atomic E-state index is 12.2. The SMILES string of the molecule is CCCCCCCCCC[C@@H](OCOC)[C@H]1CC[C@H]([C@H]2CC[C@H]([C@H](CCCCCCCCCC[C@H](CC3C(=O)O[C@@H](C)C3O)OCOC)OCOC)O2)O1. The van der Waals surface area contributed by atoms with E-state index in [-0.39, 0.29) is 62.3 Å². The van der Waals surface area contributed by atoms with Gasteiger partial charge in [-0.15, -0.1) is 0 Å². The zero-order valence-electron chi connectivity index (χ0n) is 34.9. The Bertz CT molecular complexity index is 924. The fraction of sp³-hybridized carbons (Fsp3) is 0.977. The van der Waals surface area contributed by atoms with Crippen LogP contribution >= 0.6 is 0 Å². The average molecular weight is 773 g/mol. The highest BCUT2D eigenvalue weighted by atomic mass is 16.7. The maximum Gasteiger partial charge on any atom is 0.312 e. The molecule has 0 aliphatic carbocycles. The zero-order chi connectivity index (χ0) is 38.8. The number of aliphatic hydroxyl groups excluding tert-OH is 1. The number of aliphatic hydroxyl groups is 1. The van der Waals surface area contributed by atoms with Crippen LogP contribution in [0.3, 0.4) is 0 Å². The van der Waals surface area contributed by atoms with Crippen molar-refractivity contribution in [2.75, 3.05) is 41.7 Å². The molecule has 0 aromatic carbocycles. The van der Waals surface area contributed by atoms with Crippen molar-refractivity contribution < 1.29 is 52.5 Å². The summed E-state index contributed by atoms with van der Waals surface area (Å²) >= 11 is 0. The Morgan fingerprint density at radius 2 is 1.04 bits per heavy atom. The van der Waals surface area contributed by atoms with Gasteiger partial charge in [0.25, 0.3) is 0 Å². The van der Waals surface area contributed by atoms with E-state index in [9.17, 15) is 9.90 Å². The first kappa shape index (κ1) is 47.5. The van der Waals surface area contributed by atoms with Gasteiger partial charge in [-0.25, -0.2) is 0 Å². The highest BCUT2D eigenvalue weighted by Gasteiger charge is 2.43. The number of hydrogen-bond donors (Lipinski definition) is 1. The molecule has 3 saturated heterocycles. The third-order valence-corrected chi connectivity index (χ3v) is 11.8. The van der Waals surface area contributed by atoms with Gasteiger partial charge in [-0.2, -0.15) is 0 Å². The van der Waals surface area contributed by atoms with Gasteiger partial charge in [-0.05, 0) is 58.3 Å². The van der Waals surface area contributed by atoms with Gasteiger partial charge in [-0.3, -0.25) is 4.79 Å². The topological polar surface area (TPSA) is 120 Å². The molecule has 3 aliphatic heterocycles. The Balaban J connectivity index is 1.29.